The van der Waals surface area contributed by atoms with Gasteiger partial charge in [-0.15, -0.1) is 0 Å². The number of sulfonamides is 1. The third-order valence-electron chi connectivity index (χ3n) is 4.54. The average molecular weight is 388 g/mol. The maximum absolute atomic E-state index is 12.6. The molecule has 3 rings (SSSR count). The highest BCUT2D eigenvalue weighted by molar-refractivity contribution is 7.89. The Bertz CT molecular complexity index is 867. The van der Waals surface area contributed by atoms with Crippen molar-refractivity contribution in [1.29, 1.82) is 0 Å². The minimum Gasteiger partial charge on any atom is -0.356 e. The highest BCUT2D eigenvalue weighted by atomic mass is 32.2. The lowest BCUT2D eigenvalue weighted by atomic mass is 10.2. The Balaban J connectivity index is 1.63. The molecule has 0 bridgehead atoms. The molecule has 1 heterocycles. The number of hydrogen-bond donors (Lipinski definition) is 2. The molecule has 6 nitrogen and oxygen atoms in total. The maximum atomic E-state index is 12.6. The number of carbonyl (C=O) groups excluding carboxylic acids is 1. The van der Waals surface area contributed by atoms with E-state index in [4.69, 9.17) is 0 Å². The molecule has 1 aliphatic heterocycles. The van der Waals surface area contributed by atoms with Crippen LogP contribution in [0.4, 0.5) is 17.1 Å². The van der Waals surface area contributed by atoms with Crippen molar-refractivity contribution < 1.29 is 13.2 Å². The van der Waals surface area contributed by atoms with Gasteiger partial charge in [-0.05, 0) is 55.7 Å². The molecule has 0 aromatic heterocycles. The molecule has 1 atom stereocenters. The third kappa shape index (κ3) is 4.87. The summed E-state index contributed by atoms with van der Waals surface area (Å²) in [5, 5.41) is 6.13. The first kappa shape index (κ1) is 19.4. The van der Waals surface area contributed by atoms with Gasteiger partial charge in [0.2, 0.25) is 15.9 Å². The van der Waals surface area contributed by atoms with E-state index in [-0.39, 0.29) is 11.7 Å². The van der Waals surface area contributed by atoms with Crippen molar-refractivity contribution >= 4 is 33.0 Å². The van der Waals surface area contributed by atoms with Crippen LogP contribution in [0.1, 0.15) is 26.2 Å². The van der Waals surface area contributed by atoms with Crippen LogP contribution in [-0.2, 0) is 14.8 Å². The van der Waals surface area contributed by atoms with Crippen LogP contribution in [0, 0.1) is 0 Å². The smallest absolute Gasteiger partial charge is 0.242 e. The van der Waals surface area contributed by atoms with E-state index < -0.39 is 16.1 Å². The lowest BCUT2D eigenvalue weighted by Crippen LogP contribution is -2.44. The Hall–Kier alpha value is -2.38. The van der Waals surface area contributed by atoms with Crippen molar-refractivity contribution in [3.63, 3.8) is 0 Å². The topological polar surface area (TPSA) is 78.5 Å². The van der Waals surface area contributed by atoms with Gasteiger partial charge in [0, 0.05) is 23.6 Å². The van der Waals surface area contributed by atoms with Gasteiger partial charge in [0.1, 0.15) is 6.04 Å². The van der Waals surface area contributed by atoms with Crippen molar-refractivity contribution in [2.45, 2.75) is 32.2 Å². The number of nitrogens with zero attached hydrogens (tertiary/aromatic N) is 1. The maximum Gasteiger partial charge on any atom is 0.242 e. The van der Waals surface area contributed by atoms with E-state index in [1.54, 1.807) is 0 Å². The number of para-hydroxylation sites is 1. The molecule has 2 aromatic rings. The van der Waals surface area contributed by atoms with Crippen molar-refractivity contribution in [3.05, 3.63) is 54.6 Å². The number of anilines is 3. The van der Waals surface area contributed by atoms with Gasteiger partial charge in [-0.25, -0.2) is 8.42 Å². The molecule has 7 heteroatoms. The quantitative estimate of drug-likeness (QED) is 0.761. The van der Waals surface area contributed by atoms with Gasteiger partial charge in [-0.2, -0.15) is 4.31 Å². The minimum absolute atomic E-state index is 0.0800. The first-order valence-corrected chi connectivity index (χ1v) is 10.8. The lowest BCUT2D eigenvalue weighted by molar-refractivity contribution is -0.119. The van der Waals surface area contributed by atoms with Crippen LogP contribution in [0.2, 0.25) is 0 Å². The molecule has 0 aliphatic carbocycles. The summed E-state index contributed by atoms with van der Waals surface area (Å²) >= 11 is 0. The highest BCUT2D eigenvalue weighted by Crippen LogP contribution is 2.24. The Morgan fingerprint density at radius 2 is 1.67 bits per heavy atom. The molecule has 0 spiro atoms. The molecule has 2 aromatic carbocycles. The lowest BCUT2D eigenvalue weighted by Gasteiger charge is -2.23. The Labute approximate surface area is 160 Å². The number of benzene rings is 2. The van der Waals surface area contributed by atoms with Crippen molar-refractivity contribution in [1.82, 2.24) is 4.31 Å². The number of carbonyl (C=O) groups is 1. The van der Waals surface area contributed by atoms with E-state index in [9.17, 15) is 13.2 Å². The van der Waals surface area contributed by atoms with Crippen molar-refractivity contribution in [3.8, 4) is 0 Å². The molecule has 0 unspecified atom stereocenters. The number of hydrogen-bond acceptors (Lipinski definition) is 4. The molecule has 27 heavy (non-hydrogen) atoms. The molecular formula is C20H25N3O3S. The van der Waals surface area contributed by atoms with Crippen LogP contribution in [0.15, 0.2) is 54.6 Å². The van der Waals surface area contributed by atoms with E-state index in [0.29, 0.717) is 31.5 Å². The zero-order chi connectivity index (χ0) is 19.3. The molecule has 144 valence electrons. The standard InChI is InChI=1S/C20H25N3O3S/c1-2-15-27(25,26)23-14-6-9-19(23)20(24)22-18-12-10-17(11-13-18)21-16-7-4-3-5-8-16/h3-5,7-8,10-13,19,21H,2,6,9,14-15H2,1H3,(H,22,24)/t19-/m0/s1. The molecule has 2 N–H and O–H groups in total. The fourth-order valence-corrected chi connectivity index (χ4v) is 5.01. The SMILES string of the molecule is CCCS(=O)(=O)N1CCC[C@H]1C(=O)Nc1ccc(Nc2ccccc2)cc1. The Kier molecular flexibility index (Phi) is 6.13. The third-order valence-corrected chi connectivity index (χ3v) is 6.62. The molecule has 0 saturated carbocycles. The minimum atomic E-state index is -3.38. The average Bonchev–Trinajstić information content (AvgIpc) is 3.15. The summed E-state index contributed by atoms with van der Waals surface area (Å²) in [6, 6.07) is 16.6. The Morgan fingerprint density at radius 3 is 2.33 bits per heavy atom. The highest BCUT2D eigenvalue weighted by Gasteiger charge is 2.37. The predicted molar refractivity (Wildman–Crippen MR) is 109 cm³/mol. The molecule has 1 saturated heterocycles. The summed E-state index contributed by atoms with van der Waals surface area (Å²) in [6.07, 6.45) is 1.81. The van der Waals surface area contributed by atoms with Gasteiger partial charge in [-0.1, -0.05) is 25.1 Å². The second-order valence-electron chi connectivity index (χ2n) is 6.64. The monoisotopic (exact) mass is 387 g/mol. The van der Waals surface area contributed by atoms with Gasteiger partial charge in [0.05, 0.1) is 5.75 Å². The normalized spacial score (nSPS) is 17.6. The summed E-state index contributed by atoms with van der Waals surface area (Å²) < 4.78 is 26.1. The molecule has 1 aliphatic rings. The van der Waals surface area contributed by atoms with Gasteiger partial charge in [-0.3, -0.25) is 4.79 Å². The second kappa shape index (κ2) is 8.54. The van der Waals surface area contributed by atoms with E-state index in [0.717, 1.165) is 11.4 Å². The van der Waals surface area contributed by atoms with E-state index in [2.05, 4.69) is 10.6 Å². The number of nitrogens with one attached hydrogen (secondary N) is 2. The van der Waals surface area contributed by atoms with Crippen LogP contribution in [0.25, 0.3) is 0 Å². The second-order valence-corrected chi connectivity index (χ2v) is 8.68. The predicted octanol–water partition coefficient (Wildman–Crippen LogP) is 3.57. The number of rotatable bonds is 7. The summed E-state index contributed by atoms with van der Waals surface area (Å²) in [5.41, 5.74) is 2.54. The Morgan fingerprint density at radius 1 is 1.04 bits per heavy atom. The fraction of sp³-hybridized carbons (Fsp3) is 0.350. The summed E-state index contributed by atoms with van der Waals surface area (Å²) in [5.74, 6) is -0.188. The van der Waals surface area contributed by atoms with Crippen LogP contribution < -0.4 is 10.6 Å². The molecule has 0 radical (unpaired) electrons. The summed E-state index contributed by atoms with van der Waals surface area (Å²) in [6.45, 7) is 2.24. The summed E-state index contributed by atoms with van der Waals surface area (Å²) in [7, 11) is -3.38. The van der Waals surface area contributed by atoms with Crippen LogP contribution in [0.5, 0.6) is 0 Å². The number of amides is 1. The van der Waals surface area contributed by atoms with E-state index in [1.807, 2.05) is 61.5 Å². The van der Waals surface area contributed by atoms with Crippen molar-refractivity contribution in [2.24, 2.45) is 0 Å². The first-order valence-electron chi connectivity index (χ1n) is 9.22. The summed E-state index contributed by atoms with van der Waals surface area (Å²) in [4.78, 5) is 12.6. The van der Waals surface area contributed by atoms with E-state index in [1.165, 1.54) is 4.31 Å². The molecular weight excluding hydrogens is 362 g/mol. The molecule has 1 amide bonds. The van der Waals surface area contributed by atoms with Crippen LogP contribution >= 0.6 is 0 Å². The van der Waals surface area contributed by atoms with Crippen LogP contribution in [0.3, 0.4) is 0 Å². The van der Waals surface area contributed by atoms with Gasteiger partial charge in [0.15, 0.2) is 0 Å². The van der Waals surface area contributed by atoms with Gasteiger partial charge < -0.3 is 10.6 Å². The fourth-order valence-electron chi connectivity index (χ4n) is 3.26. The van der Waals surface area contributed by atoms with Crippen LogP contribution in [-0.4, -0.2) is 37.0 Å². The van der Waals surface area contributed by atoms with E-state index >= 15 is 0 Å². The van der Waals surface area contributed by atoms with Gasteiger partial charge in [0.25, 0.3) is 0 Å². The van der Waals surface area contributed by atoms with Gasteiger partial charge >= 0.3 is 0 Å². The first-order chi connectivity index (χ1) is 13.0. The largest absolute Gasteiger partial charge is 0.356 e. The van der Waals surface area contributed by atoms with Crippen molar-refractivity contribution in [2.75, 3.05) is 22.9 Å². The zero-order valence-electron chi connectivity index (χ0n) is 15.4. The zero-order valence-corrected chi connectivity index (χ0v) is 16.2. The molecule has 1 fully saturated rings.